The van der Waals surface area contributed by atoms with Crippen LogP contribution in [0.15, 0.2) is 78.9 Å². The average molecular weight is 392 g/mol. The predicted molar refractivity (Wildman–Crippen MR) is 109 cm³/mol. The van der Waals surface area contributed by atoms with Crippen molar-refractivity contribution in [1.29, 1.82) is 0 Å². The Kier molecular flexibility index (Phi) is 6.58. The lowest BCUT2D eigenvalue weighted by Gasteiger charge is -2.17. The van der Waals surface area contributed by atoms with Crippen LogP contribution < -0.4 is 15.4 Å². The zero-order valence-electron chi connectivity index (χ0n) is 15.9. The second-order valence-corrected chi connectivity index (χ2v) is 6.42. The molecule has 0 spiro atoms. The SMILES string of the molecule is C[C@H](Oc1ccccc1C(=O)NCc1ccccc1)C(=O)Nc1ccc(F)cc1. The van der Waals surface area contributed by atoms with Gasteiger partial charge < -0.3 is 15.4 Å². The van der Waals surface area contributed by atoms with Gasteiger partial charge in [-0.15, -0.1) is 0 Å². The Morgan fingerprint density at radius 2 is 1.59 bits per heavy atom. The second-order valence-electron chi connectivity index (χ2n) is 6.42. The third-order valence-electron chi connectivity index (χ3n) is 4.21. The van der Waals surface area contributed by atoms with Gasteiger partial charge in [-0.05, 0) is 48.9 Å². The normalized spacial score (nSPS) is 11.4. The Balaban J connectivity index is 1.63. The lowest BCUT2D eigenvalue weighted by atomic mass is 10.1. The van der Waals surface area contributed by atoms with E-state index in [1.54, 1.807) is 31.2 Å². The number of carbonyl (C=O) groups is 2. The van der Waals surface area contributed by atoms with Gasteiger partial charge in [0.15, 0.2) is 6.10 Å². The molecular formula is C23H21FN2O3. The summed E-state index contributed by atoms with van der Waals surface area (Å²) in [5.41, 5.74) is 1.77. The zero-order chi connectivity index (χ0) is 20.6. The standard InChI is InChI=1S/C23H21FN2O3/c1-16(22(27)26-19-13-11-18(24)12-14-19)29-21-10-6-5-9-20(21)23(28)25-15-17-7-3-2-4-8-17/h2-14,16H,15H2,1H3,(H,25,28)(H,26,27)/t16-/m0/s1. The van der Waals surface area contributed by atoms with Gasteiger partial charge in [0.25, 0.3) is 11.8 Å². The quantitative estimate of drug-likeness (QED) is 0.634. The van der Waals surface area contributed by atoms with Crippen molar-refractivity contribution in [2.45, 2.75) is 19.6 Å². The van der Waals surface area contributed by atoms with Crippen molar-refractivity contribution >= 4 is 17.5 Å². The number of amides is 2. The van der Waals surface area contributed by atoms with Gasteiger partial charge in [0, 0.05) is 12.2 Å². The summed E-state index contributed by atoms with van der Waals surface area (Å²) >= 11 is 0. The number of halogens is 1. The monoisotopic (exact) mass is 392 g/mol. The van der Waals surface area contributed by atoms with E-state index >= 15 is 0 Å². The van der Waals surface area contributed by atoms with E-state index in [1.165, 1.54) is 24.3 Å². The Bertz CT molecular complexity index is 975. The fourth-order valence-electron chi connectivity index (χ4n) is 2.65. The summed E-state index contributed by atoms with van der Waals surface area (Å²) in [7, 11) is 0. The lowest BCUT2D eigenvalue weighted by Crippen LogP contribution is -2.31. The van der Waals surface area contributed by atoms with Gasteiger partial charge in [-0.25, -0.2) is 4.39 Å². The summed E-state index contributed by atoms with van der Waals surface area (Å²) in [4.78, 5) is 24.9. The molecule has 2 amide bonds. The van der Waals surface area contributed by atoms with Crippen LogP contribution in [0.5, 0.6) is 5.75 Å². The number of ether oxygens (including phenoxy) is 1. The molecule has 0 aliphatic heterocycles. The molecule has 1 atom stereocenters. The minimum Gasteiger partial charge on any atom is -0.480 e. The Morgan fingerprint density at radius 1 is 0.931 bits per heavy atom. The molecule has 0 saturated carbocycles. The van der Waals surface area contributed by atoms with Crippen molar-refractivity contribution in [2.24, 2.45) is 0 Å². The molecule has 3 aromatic rings. The maximum Gasteiger partial charge on any atom is 0.265 e. The van der Waals surface area contributed by atoms with Crippen molar-refractivity contribution in [2.75, 3.05) is 5.32 Å². The van der Waals surface area contributed by atoms with E-state index in [4.69, 9.17) is 4.74 Å². The van der Waals surface area contributed by atoms with Crippen LogP contribution in [0, 0.1) is 5.82 Å². The molecule has 0 radical (unpaired) electrons. The van der Waals surface area contributed by atoms with Gasteiger partial charge in [0.2, 0.25) is 0 Å². The first-order chi connectivity index (χ1) is 14.0. The first-order valence-electron chi connectivity index (χ1n) is 9.17. The molecule has 0 bridgehead atoms. The third-order valence-corrected chi connectivity index (χ3v) is 4.21. The van der Waals surface area contributed by atoms with E-state index in [-0.39, 0.29) is 11.7 Å². The van der Waals surface area contributed by atoms with Crippen LogP contribution in [0.3, 0.4) is 0 Å². The molecule has 0 unspecified atom stereocenters. The van der Waals surface area contributed by atoms with Crippen LogP contribution in [-0.2, 0) is 11.3 Å². The molecule has 0 aliphatic carbocycles. The Labute approximate surface area is 168 Å². The number of para-hydroxylation sites is 1. The fraction of sp³-hybridized carbons (Fsp3) is 0.130. The number of hydrogen-bond donors (Lipinski definition) is 2. The summed E-state index contributed by atoms with van der Waals surface area (Å²) in [6.45, 7) is 1.96. The maximum atomic E-state index is 13.0. The molecule has 5 nitrogen and oxygen atoms in total. The van der Waals surface area contributed by atoms with Crippen LogP contribution in [0.2, 0.25) is 0 Å². The van der Waals surface area contributed by atoms with Crippen molar-refractivity contribution in [3.8, 4) is 5.75 Å². The smallest absolute Gasteiger partial charge is 0.265 e. The minimum atomic E-state index is -0.858. The van der Waals surface area contributed by atoms with Crippen LogP contribution in [0.4, 0.5) is 10.1 Å². The first-order valence-corrected chi connectivity index (χ1v) is 9.17. The zero-order valence-corrected chi connectivity index (χ0v) is 15.9. The van der Waals surface area contributed by atoms with Crippen molar-refractivity contribution in [3.63, 3.8) is 0 Å². The van der Waals surface area contributed by atoms with Crippen molar-refractivity contribution < 1.29 is 18.7 Å². The number of rotatable bonds is 7. The molecule has 3 rings (SSSR count). The lowest BCUT2D eigenvalue weighted by molar-refractivity contribution is -0.122. The minimum absolute atomic E-state index is 0.296. The molecule has 0 saturated heterocycles. The van der Waals surface area contributed by atoms with E-state index in [0.717, 1.165) is 5.56 Å². The number of nitrogens with one attached hydrogen (secondary N) is 2. The number of hydrogen-bond acceptors (Lipinski definition) is 3. The maximum absolute atomic E-state index is 13.0. The van der Waals surface area contributed by atoms with E-state index in [9.17, 15) is 14.0 Å². The van der Waals surface area contributed by atoms with Crippen LogP contribution in [-0.4, -0.2) is 17.9 Å². The molecule has 3 aromatic carbocycles. The van der Waals surface area contributed by atoms with Crippen molar-refractivity contribution in [3.05, 3.63) is 95.8 Å². The molecule has 0 aliphatic rings. The van der Waals surface area contributed by atoms with Crippen LogP contribution >= 0.6 is 0 Å². The van der Waals surface area contributed by atoms with Gasteiger partial charge >= 0.3 is 0 Å². The molecular weight excluding hydrogens is 371 g/mol. The molecule has 0 heterocycles. The average Bonchev–Trinajstić information content (AvgIpc) is 2.74. The van der Waals surface area contributed by atoms with Gasteiger partial charge in [-0.3, -0.25) is 9.59 Å². The van der Waals surface area contributed by atoms with Gasteiger partial charge in [0.1, 0.15) is 11.6 Å². The van der Waals surface area contributed by atoms with Crippen molar-refractivity contribution in [1.82, 2.24) is 5.32 Å². The highest BCUT2D eigenvalue weighted by molar-refractivity contribution is 5.97. The Hall–Kier alpha value is -3.67. The van der Waals surface area contributed by atoms with E-state index in [2.05, 4.69) is 10.6 Å². The molecule has 0 aromatic heterocycles. The summed E-state index contributed by atoms with van der Waals surface area (Å²) in [5.74, 6) is -0.783. The summed E-state index contributed by atoms with van der Waals surface area (Å²) in [6, 6.07) is 21.7. The fourth-order valence-corrected chi connectivity index (χ4v) is 2.65. The van der Waals surface area contributed by atoms with E-state index in [0.29, 0.717) is 23.5 Å². The molecule has 2 N–H and O–H groups in total. The molecule has 6 heteroatoms. The molecule has 148 valence electrons. The van der Waals surface area contributed by atoms with Crippen LogP contribution in [0.1, 0.15) is 22.8 Å². The molecule has 29 heavy (non-hydrogen) atoms. The number of carbonyl (C=O) groups excluding carboxylic acids is 2. The van der Waals surface area contributed by atoms with Crippen LogP contribution in [0.25, 0.3) is 0 Å². The highest BCUT2D eigenvalue weighted by Gasteiger charge is 2.19. The van der Waals surface area contributed by atoms with Gasteiger partial charge in [-0.2, -0.15) is 0 Å². The molecule has 0 fully saturated rings. The van der Waals surface area contributed by atoms with E-state index < -0.39 is 12.0 Å². The highest BCUT2D eigenvalue weighted by Crippen LogP contribution is 2.20. The first kappa shape index (κ1) is 20.1. The highest BCUT2D eigenvalue weighted by atomic mass is 19.1. The Morgan fingerprint density at radius 3 is 2.31 bits per heavy atom. The topological polar surface area (TPSA) is 67.4 Å². The number of benzene rings is 3. The third kappa shape index (κ3) is 5.65. The second kappa shape index (κ2) is 9.50. The van der Waals surface area contributed by atoms with E-state index in [1.807, 2.05) is 30.3 Å². The van der Waals surface area contributed by atoms with Gasteiger partial charge in [0.05, 0.1) is 5.56 Å². The summed E-state index contributed by atoms with van der Waals surface area (Å²) < 4.78 is 18.7. The summed E-state index contributed by atoms with van der Waals surface area (Å²) in [6.07, 6.45) is -0.858. The van der Waals surface area contributed by atoms with Gasteiger partial charge in [-0.1, -0.05) is 42.5 Å². The predicted octanol–water partition coefficient (Wildman–Crippen LogP) is 4.16. The summed E-state index contributed by atoms with van der Waals surface area (Å²) in [5, 5.41) is 5.50. The largest absolute Gasteiger partial charge is 0.480 e. The number of anilines is 1.